The molecule has 6 heteroatoms. The van der Waals surface area contributed by atoms with E-state index in [1.54, 1.807) is 30.3 Å². The monoisotopic (exact) mass is 342 g/mol. The average molecular weight is 342 g/mol. The first kappa shape index (κ1) is 16.8. The number of esters is 1. The molecule has 0 aliphatic carbocycles. The quantitative estimate of drug-likeness (QED) is 0.569. The Balaban J connectivity index is 1.46. The number of hydrogen-bond donors (Lipinski definition) is 0. The summed E-state index contributed by atoms with van der Waals surface area (Å²) in [5.74, 6) is 0.760. The number of rotatable bonds is 7. The van der Waals surface area contributed by atoms with Gasteiger partial charge in [0, 0.05) is 5.56 Å². The van der Waals surface area contributed by atoms with E-state index in [9.17, 15) is 9.59 Å². The van der Waals surface area contributed by atoms with Crippen LogP contribution in [0.4, 0.5) is 0 Å². The van der Waals surface area contributed by atoms with E-state index in [1.165, 1.54) is 5.56 Å². The molecule has 1 aliphatic rings. The maximum Gasteiger partial charge on any atom is 0.344 e. The van der Waals surface area contributed by atoms with Crippen molar-refractivity contribution in [2.24, 2.45) is 0 Å². The molecule has 1 aliphatic heterocycles. The highest BCUT2D eigenvalue weighted by Gasteiger charge is 2.17. The largest absolute Gasteiger partial charge is 0.482 e. The van der Waals surface area contributed by atoms with Gasteiger partial charge in [0.15, 0.2) is 30.5 Å². The highest BCUT2D eigenvalue weighted by atomic mass is 16.7. The maximum absolute atomic E-state index is 12.1. The Morgan fingerprint density at radius 1 is 1.00 bits per heavy atom. The van der Waals surface area contributed by atoms with Gasteiger partial charge in [-0.25, -0.2) is 4.79 Å². The van der Waals surface area contributed by atoms with Gasteiger partial charge in [-0.1, -0.05) is 19.1 Å². The summed E-state index contributed by atoms with van der Waals surface area (Å²) in [6.45, 7) is 1.60. The van der Waals surface area contributed by atoms with Crippen LogP contribution in [0.25, 0.3) is 0 Å². The van der Waals surface area contributed by atoms with E-state index >= 15 is 0 Å². The Hall–Kier alpha value is -3.02. The molecular weight excluding hydrogens is 324 g/mol. The van der Waals surface area contributed by atoms with Crippen molar-refractivity contribution in [1.29, 1.82) is 0 Å². The number of carbonyl (C=O) groups excluding carboxylic acids is 2. The van der Waals surface area contributed by atoms with E-state index in [1.807, 2.05) is 12.1 Å². The smallest absolute Gasteiger partial charge is 0.344 e. The summed E-state index contributed by atoms with van der Waals surface area (Å²) in [5.41, 5.74) is 1.58. The van der Waals surface area contributed by atoms with Crippen LogP contribution < -0.4 is 14.2 Å². The molecule has 0 unspecified atom stereocenters. The fourth-order valence-corrected chi connectivity index (χ4v) is 2.30. The third kappa shape index (κ3) is 4.29. The van der Waals surface area contributed by atoms with Crippen molar-refractivity contribution >= 4 is 11.8 Å². The van der Waals surface area contributed by atoms with Crippen molar-refractivity contribution in [3.8, 4) is 17.2 Å². The lowest BCUT2D eigenvalue weighted by molar-refractivity contribution is -0.144. The predicted octanol–water partition coefficient (Wildman–Crippen LogP) is 2.78. The van der Waals surface area contributed by atoms with Gasteiger partial charge in [0.1, 0.15) is 5.75 Å². The third-order valence-electron chi connectivity index (χ3n) is 3.75. The van der Waals surface area contributed by atoms with Crippen LogP contribution in [-0.4, -0.2) is 31.8 Å². The van der Waals surface area contributed by atoms with Crippen LogP contribution in [0.15, 0.2) is 42.5 Å². The zero-order chi connectivity index (χ0) is 17.6. The Kier molecular flexibility index (Phi) is 5.18. The van der Waals surface area contributed by atoms with Gasteiger partial charge in [-0.2, -0.15) is 0 Å². The molecule has 0 N–H and O–H groups in total. The minimum atomic E-state index is -0.603. The summed E-state index contributed by atoms with van der Waals surface area (Å²) in [6.07, 6.45) is 0.935. The highest BCUT2D eigenvalue weighted by Crippen LogP contribution is 2.32. The first-order chi connectivity index (χ1) is 12.2. The molecule has 0 bridgehead atoms. The fraction of sp³-hybridized carbons (Fsp3) is 0.263. The number of aryl methyl sites for hydroxylation is 1. The van der Waals surface area contributed by atoms with E-state index < -0.39 is 5.97 Å². The maximum atomic E-state index is 12.1. The van der Waals surface area contributed by atoms with Gasteiger partial charge >= 0.3 is 5.97 Å². The van der Waals surface area contributed by atoms with Gasteiger partial charge in [-0.3, -0.25) is 4.79 Å². The molecule has 1 heterocycles. The second-order valence-electron chi connectivity index (χ2n) is 5.44. The molecule has 2 aromatic carbocycles. The predicted molar refractivity (Wildman–Crippen MR) is 89.2 cm³/mol. The molecule has 0 saturated heterocycles. The van der Waals surface area contributed by atoms with Crippen LogP contribution in [-0.2, 0) is 16.0 Å². The highest BCUT2D eigenvalue weighted by molar-refractivity contribution is 5.98. The van der Waals surface area contributed by atoms with Gasteiger partial charge in [-0.05, 0) is 42.3 Å². The molecule has 3 rings (SSSR count). The van der Waals surface area contributed by atoms with Crippen LogP contribution in [0, 0.1) is 0 Å². The first-order valence-corrected chi connectivity index (χ1v) is 7.96. The SMILES string of the molecule is CCc1ccc(OCC(=O)OCC(=O)c2ccc3c(c2)OCO3)cc1. The lowest BCUT2D eigenvalue weighted by Crippen LogP contribution is -2.19. The standard InChI is InChI=1S/C19H18O6/c1-2-13-3-6-15(7-4-13)22-11-19(21)23-10-16(20)14-5-8-17-18(9-14)25-12-24-17/h3-9H,2,10-12H2,1H3. The summed E-state index contributed by atoms with van der Waals surface area (Å²) < 4.78 is 20.7. The van der Waals surface area contributed by atoms with E-state index in [-0.39, 0.29) is 25.8 Å². The van der Waals surface area contributed by atoms with E-state index in [0.717, 1.165) is 6.42 Å². The first-order valence-electron chi connectivity index (χ1n) is 7.96. The van der Waals surface area contributed by atoms with E-state index in [4.69, 9.17) is 18.9 Å². The molecule has 0 amide bonds. The molecule has 0 radical (unpaired) electrons. The summed E-state index contributed by atoms with van der Waals surface area (Å²) in [5, 5.41) is 0. The number of hydrogen-bond acceptors (Lipinski definition) is 6. The molecule has 2 aromatic rings. The zero-order valence-corrected chi connectivity index (χ0v) is 13.8. The molecule has 0 spiro atoms. The number of ketones is 1. The third-order valence-corrected chi connectivity index (χ3v) is 3.75. The molecule has 0 atom stereocenters. The molecule has 130 valence electrons. The Morgan fingerprint density at radius 2 is 1.76 bits per heavy atom. The van der Waals surface area contributed by atoms with Crippen molar-refractivity contribution in [3.05, 3.63) is 53.6 Å². The summed E-state index contributed by atoms with van der Waals surface area (Å²) in [4.78, 5) is 23.8. The second kappa shape index (κ2) is 7.70. The molecular formula is C19H18O6. The Labute approximate surface area is 145 Å². The van der Waals surface area contributed by atoms with Crippen molar-refractivity contribution in [3.63, 3.8) is 0 Å². The van der Waals surface area contributed by atoms with E-state index in [0.29, 0.717) is 22.8 Å². The number of carbonyl (C=O) groups is 2. The van der Waals surface area contributed by atoms with Crippen LogP contribution in [0.5, 0.6) is 17.2 Å². The Bertz CT molecular complexity index is 766. The molecule has 0 saturated carbocycles. The van der Waals surface area contributed by atoms with Gasteiger partial charge in [0.25, 0.3) is 0 Å². The molecule has 25 heavy (non-hydrogen) atoms. The topological polar surface area (TPSA) is 71.1 Å². The molecule has 6 nitrogen and oxygen atoms in total. The van der Waals surface area contributed by atoms with Gasteiger partial charge in [-0.15, -0.1) is 0 Å². The van der Waals surface area contributed by atoms with Crippen LogP contribution >= 0.6 is 0 Å². The molecule has 0 fully saturated rings. The van der Waals surface area contributed by atoms with Crippen molar-refractivity contribution in [1.82, 2.24) is 0 Å². The van der Waals surface area contributed by atoms with Crippen molar-refractivity contribution in [2.75, 3.05) is 20.0 Å². The zero-order valence-electron chi connectivity index (χ0n) is 13.8. The second-order valence-corrected chi connectivity index (χ2v) is 5.44. The van der Waals surface area contributed by atoms with Crippen molar-refractivity contribution < 1.29 is 28.5 Å². The minimum absolute atomic E-state index is 0.137. The summed E-state index contributed by atoms with van der Waals surface area (Å²) >= 11 is 0. The van der Waals surface area contributed by atoms with Gasteiger partial charge < -0.3 is 18.9 Å². The number of fused-ring (bicyclic) bond motifs is 1. The number of benzene rings is 2. The summed E-state index contributed by atoms with van der Waals surface area (Å²) in [6, 6.07) is 12.3. The van der Waals surface area contributed by atoms with Crippen LogP contribution in [0.3, 0.4) is 0 Å². The van der Waals surface area contributed by atoms with Crippen molar-refractivity contribution in [2.45, 2.75) is 13.3 Å². The fourth-order valence-electron chi connectivity index (χ4n) is 2.30. The number of Topliss-reactive ketones (excluding diaryl/α,β-unsaturated/α-hetero) is 1. The normalized spacial score (nSPS) is 11.9. The lowest BCUT2D eigenvalue weighted by atomic mass is 10.1. The van der Waals surface area contributed by atoms with Crippen LogP contribution in [0.1, 0.15) is 22.8 Å². The lowest BCUT2D eigenvalue weighted by Gasteiger charge is -2.07. The molecule has 0 aromatic heterocycles. The average Bonchev–Trinajstić information content (AvgIpc) is 3.12. The van der Waals surface area contributed by atoms with E-state index in [2.05, 4.69) is 6.92 Å². The summed E-state index contributed by atoms with van der Waals surface area (Å²) in [7, 11) is 0. The van der Waals surface area contributed by atoms with Gasteiger partial charge in [0.2, 0.25) is 6.79 Å². The van der Waals surface area contributed by atoms with Gasteiger partial charge in [0.05, 0.1) is 0 Å². The Morgan fingerprint density at radius 3 is 2.52 bits per heavy atom. The number of ether oxygens (including phenoxy) is 4. The van der Waals surface area contributed by atoms with Crippen LogP contribution in [0.2, 0.25) is 0 Å². The minimum Gasteiger partial charge on any atom is -0.482 e.